The monoisotopic (exact) mass is 316 g/mol. The number of rotatable bonds is 7. The van der Waals surface area contributed by atoms with Gasteiger partial charge in [-0.15, -0.1) is 11.3 Å². The molecule has 0 bridgehead atoms. The Labute approximate surface area is 121 Å². The molecule has 2 N–H and O–H groups in total. The van der Waals surface area contributed by atoms with Gasteiger partial charge in [0.25, 0.3) is 10.0 Å². The molecule has 2 fully saturated rings. The Morgan fingerprint density at radius 1 is 1.40 bits per heavy atom. The van der Waals surface area contributed by atoms with Crippen molar-refractivity contribution in [2.45, 2.75) is 29.9 Å². The Kier molecular flexibility index (Phi) is 3.55. The van der Waals surface area contributed by atoms with E-state index in [2.05, 4.69) is 9.71 Å². The van der Waals surface area contributed by atoms with Gasteiger partial charge in [0.15, 0.2) is 9.90 Å². The Morgan fingerprint density at radius 2 is 2.00 bits per heavy atom. The summed E-state index contributed by atoms with van der Waals surface area (Å²) in [5, 5.41) is 8.94. The van der Waals surface area contributed by atoms with Gasteiger partial charge in [-0.3, -0.25) is 0 Å². The molecule has 0 unspecified atom stereocenters. The first-order chi connectivity index (χ1) is 9.49. The maximum absolute atomic E-state index is 12.2. The number of aromatic nitrogens is 1. The smallest absolute Gasteiger partial charge is 0.356 e. The summed E-state index contributed by atoms with van der Waals surface area (Å²) in [5.41, 5.74) is 0.856. The maximum atomic E-state index is 12.2. The third-order valence-corrected chi connectivity index (χ3v) is 6.74. The van der Waals surface area contributed by atoms with Crippen LogP contribution in [0.2, 0.25) is 0 Å². The van der Waals surface area contributed by atoms with E-state index < -0.39 is 21.7 Å². The first-order valence-corrected chi connectivity index (χ1v) is 9.02. The Hall–Kier alpha value is -0.990. The quantitative estimate of drug-likeness (QED) is 0.795. The molecule has 1 heterocycles. The van der Waals surface area contributed by atoms with E-state index >= 15 is 0 Å². The zero-order valence-corrected chi connectivity index (χ0v) is 12.4. The van der Waals surface area contributed by atoms with E-state index in [0.717, 1.165) is 11.3 Å². The zero-order chi connectivity index (χ0) is 14.3. The molecule has 0 atom stereocenters. The molecule has 0 saturated heterocycles. The van der Waals surface area contributed by atoms with Crippen molar-refractivity contribution < 1.29 is 18.3 Å². The van der Waals surface area contributed by atoms with Crippen LogP contribution in [0.4, 0.5) is 0 Å². The highest BCUT2D eigenvalue weighted by Gasteiger charge is 2.41. The first-order valence-electron chi connectivity index (χ1n) is 6.65. The summed E-state index contributed by atoms with van der Waals surface area (Å²) in [6, 6.07) is 0. The number of hydrogen-bond donors (Lipinski definition) is 2. The van der Waals surface area contributed by atoms with Crippen LogP contribution >= 0.6 is 11.3 Å². The molecule has 0 amide bonds. The van der Waals surface area contributed by atoms with Crippen molar-refractivity contribution in [2.75, 3.05) is 6.54 Å². The van der Waals surface area contributed by atoms with Crippen LogP contribution in [0.3, 0.4) is 0 Å². The molecule has 8 heteroatoms. The normalized spacial score (nSPS) is 19.4. The van der Waals surface area contributed by atoms with Crippen LogP contribution in [0.25, 0.3) is 0 Å². The third-order valence-electron chi connectivity index (χ3n) is 3.95. The Bertz CT molecular complexity index is 605. The molecule has 1 aromatic heterocycles. The predicted molar refractivity (Wildman–Crippen MR) is 73.2 cm³/mol. The summed E-state index contributed by atoms with van der Waals surface area (Å²) in [7, 11) is -3.77. The number of nitrogens with zero attached hydrogens (tertiary/aromatic N) is 1. The molecule has 0 radical (unpaired) electrons. The number of carboxylic acid groups (broad SMARTS) is 1. The number of thiazole rings is 1. The second-order valence-electron chi connectivity index (χ2n) is 5.48. The summed E-state index contributed by atoms with van der Waals surface area (Å²) >= 11 is 0.842. The third kappa shape index (κ3) is 2.87. The van der Waals surface area contributed by atoms with Gasteiger partial charge in [-0.05, 0) is 43.4 Å². The highest BCUT2D eigenvalue weighted by Crippen LogP contribution is 2.48. The van der Waals surface area contributed by atoms with Crippen molar-refractivity contribution in [3.63, 3.8) is 0 Å². The second kappa shape index (κ2) is 5.09. The molecule has 2 aliphatic carbocycles. The van der Waals surface area contributed by atoms with Crippen molar-refractivity contribution in [1.82, 2.24) is 9.71 Å². The van der Waals surface area contributed by atoms with Gasteiger partial charge >= 0.3 is 5.97 Å². The molecule has 3 rings (SSSR count). The van der Waals surface area contributed by atoms with Crippen LogP contribution in [-0.2, 0) is 10.0 Å². The molecule has 2 aliphatic rings. The fourth-order valence-electron chi connectivity index (χ4n) is 2.61. The van der Waals surface area contributed by atoms with Crippen LogP contribution in [0.5, 0.6) is 0 Å². The number of carboxylic acids is 1. The molecule has 0 aromatic carbocycles. The molecule has 2 saturated carbocycles. The number of carbonyl (C=O) groups is 1. The number of sulfonamides is 1. The molecule has 0 aliphatic heterocycles. The lowest BCUT2D eigenvalue weighted by Gasteiger charge is -2.15. The molecule has 0 spiro atoms. The number of nitrogens with one attached hydrogen (secondary N) is 1. The Balaban J connectivity index is 1.71. The fraction of sp³-hybridized carbons (Fsp3) is 0.667. The van der Waals surface area contributed by atoms with Crippen molar-refractivity contribution in [3.8, 4) is 0 Å². The summed E-state index contributed by atoms with van der Waals surface area (Å²) in [5.74, 6) is 0.384. The first kappa shape index (κ1) is 14.0. The predicted octanol–water partition coefficient (Wildman–Crippen LogP) is 1.56. The topological polar surface area (TPSA) is 96.4 Å². The lowest BCUT2D eigenvalue weighted by molar-refractivity contribution is 0.0687. The lowest BCUT2D eigenvalue weighted by atomic mass is 9.99. The Morgan fingerprint density at radius 3 is 2.50 bits per heavy atom. The van der Waals surface area contributed by atoms with Gasteiger partial charge in [0.1, 0.15) is 0 Å². The minimum absolute atomic E-state index is 0.199. The van der Waals surface area contributed by atoms with Crippen molar-refractivity contribution in [1.29, 1.82) is 0 Å². The van der Waals surface area contributed by atoms with Gasteiger partial charge < -0.3 is 5.11 Å². The van der Waals surface area contributed by atoms with Crippen LogP contribution in [0.15, 0.2) is 9.72 Å². The van der Waals surface area contributed by atoms with E-state index in [1.165, 1.54) is 31.2 Å². The van der Waals surface area contributed by atoms with Gasteiger partial charge in [-0.2, -0.15) is 0 Å². The van der Waals surface area contributed by atoms with Crippen LogP contribution in [0, 0.1) is 17.8 Å². The summed E-state index contributed by atoms with van der Waals surface area (Å²) < 4.78 is 26.8. The average Bonchev–Trinajstić information content (AvgIpc) is 3.30. The van der Waals surface area contributed by atoms with Crippen LogP contribution in [0.1, 0.15) is 36.2 Å². The van der Waals surface area contributed by atoms with E-state index in [1.807, 2.05) is 0 Å². The minimum Gasteiger partial charge on any atom is -0.476 e. The summed E-state index contributed by atoms with van der Waals surface area (Å²) in [6.45, 7) is 0.411. The van der Waals surface area contributed by atoms with E-state index in [9.17, 15) is 13.2 Å². The van der Waals surface area contributed by atoms with Crippen LogP contribution < -0.4 is 4.72 Å². The standard InChI is InChI=1S/C12H16N2O4S2/c15-11(16)10-12(19-6-13-10)20(17,18)14-5-9(7-1-2-7)8-3-4-8/h6-9,14H,1-5H2,(H,15,16). The highest BCUT2D eigenvalue weighted by molar-refractivity contribution is 7.91. The maximum Gasteiger partial charge on any atom is 0.356 e. The van der Waals surface area contributed by atoms with Crippen molar-refractivity contribution >= 4 is 27.3 Å². The summed E-state index contributed by atoms with van der Waals surface area (Å²) in [6.07, 6.45) is 4.74. The van der Waals surface area contributed by atoms with Gasteiger partial charge in [0.05, 0.1) is 5.51 Å². The number of aromatic carboxylic acids is 1. The fourth-order valence-corrected chi connectivity index (χ4v) is 4.86. The van der Waals surface area contributed by atoms with E-state index in [0.29, 0.717) is 24.3 Å². The van der Waals surface area contributed by atoms with Gasteiger partial charge in [-0.1, -0.05) is 0 Å². The number of hydrogen-bond acceptors (Lipinski definition) is 5. The molecule has 20 heavy (non-hydrogen) atoms. The lowest BCUT2D eigenvalue weighted by Crippen LogP contribution is -2.31. The summed E-state index contributed by atoms with van der Waals surface area (Å²) in [4.78, 5) is 14.6. The van der Waals surface area contributed by atoms with Gasteiger partial charge in [0.2, 0.25) is 0 Å². The van der Waals surface area contributed by atoms with Gasteiger partial charge in [-0.25, -0.2) is 22.9 Å². The van der Waals surface area contributed by atoms with E-state index in [1.54, 1.807) is 0 Å². The molecular formula is C12H16N2O4S2. The van der Waals surface area contributed by atoms with Crippen molar-refractivity contribution in [2.24, 2.45) is 17.8 Å². The molecule has 1 aromatic rings. The SMILES string of the molecule is O=C(O)c1ncsc1S(=O)(=O)NCC(C1CC1)C1CC1. The zero-order valence-electron chi connectivity index (χ0n) is 10.8. The van der Waals surface area contributed by atoms with E-state index in [-0.39, 0.29) is 4.21 Å². The molecular weight excluding hydrogens is 300 g/mol. The largest absolute Gasteiger partial charge is 0.476 e. The van der Waals surface area contributed by atoms with Gasteiger partial charge in [0, 0.05) is 6.54 Å². The highest BCUT2D eigenvalue weighted by atomic mass is 32.2. The molecule has 6 nitrogen and oxygen atoms in total. The van der Waals surface area contributed by atoms with E-state index in [4.69, 9.17) is 5.11 Å². The average molecular weight is 316 g/mol. The van der Waals surface area contributed by atoms with Crippen molar-refractivity contribution in [3.05, 3.63) is 11.2 Å². The molecule has 110 valence electrons. The minimum atomic E-state index is -3.77. The van der Waals surface area contributed by atoms with Crippen LogP contribution in [-0.4, -0.2) is 31.0 Å². The second-order valence-corrected chi connectivity index (χ2v) is 8.30.